The molecule has 0 radical (unpaired) electrons. The maximum atomic E-state index is 11.9. The molecule has 0 bridgehead atoms. The molecule has 0 saturated carbocycles. The highest BCUT2D eigenvalue weighted by Crippen LogP contribution is 2.15. The third-order valence-corrected chi connectivity index (χ3v) is 5.01. The summed E-state index contributed by atoms with van der Waals surface area (Å²) in [5.74, 6) is -1.91. The number of allylic oxidation sites excluding steroid dienone is 2. The Kier molecular flexibility index (Phi) is 19.5. The summed E-state index contributed by atoms with van der Waals surface area (Å²) in [6.45, 7) is 4.54. The lowest BCUT2D eigenvalue weighted by atomic mass is 10.0. The first-order valence-electron chi connectivity index (χ1n) is 11.6. The van der Waals surface area contributed by atoms with E-state index in [1.807, 2.05) is 13.0 Å². The molecule has 1 unspecified atom stereocenters. The number of hydrogen-bond acceptors (Lipinski definition) is 3. The van der Waals surface area contributed by atoms with E-state index in [0.717, 1.165) is 19.3 Å². The predicted molar refractivity (Wildman–Crippen MR) is 116 cm³/mol. The first-order valence-corrected chi connectivity index (χ1v) is 11.6. The van der Waals surface area contributed by atoms with Crippen molar-refractivity contribution in [2.45, 2.75) is 117 Å². The zero-order chi connectivity index (χ0) is 20.9. The lowest BCUT2D eigenvalue weighted by Gasteiger charge is -2.11. The maximum Gasteiger partial charge on any atom is 0.309 e. The van der Waals surface area contributed by atoms with E-state index in [4.69, 9.17) is 9.84 Å². The number of hydrogen-bond donors (Lipinski definition) is 1. The molecule has 0 amide bonds. The molecule has 28 heavy (non-hydrogen) atoms. The topological polar surface area (TPSA) is 63.6 Å². The number of aliphatic carboxylic acids is 1. The van der Waals surface area contributed by atoms with Crippen LogP contribution >= 0.6 is 0 Å². The van der Waals surface area contributed by atoms with Gasteiger partial charge in [0.25, 0.3) is 0 Å². The third-order valence-electron chi connectivity index (χ3n) is 5.01. The number of carboxylic acids is 1. The highest BCUT2D eigenvalue weighted by Gasteiger charge is 2.21. The van der Waals surface area contributed by atoms with Gasteiger partial charge < -0.3 is 9.84 Å². The maximum absolute atomic E-state index is 11.9. The molecule has 0 spiro atoms. The van der Waals surface area contributed by atoms with Gasteiger partial charge in [0, 0.05) is 0 Å². The molecule has 0 aromatic heterocycles. The quantitative estimate of drug-likeness (QED) is 0.136. The van der Waals surface area contributed by atoms with Gasteiger partial charge in [0.05, 0.1) is 18.9 Å². The molecule has 1 N–H and O–H groups in total. The number of unbranched alkanes of at least 4 members (excludes halogenated alkanes) is 12. The lowest BCUT2D eigenvalue weighted by Crippen LogP contribution is -2.20. The van der Waals surface area contributed by atoms with Crippen molar-refractivity contribution in [3.05, 3.63) is 12.2 Å². The molecular formula is C24H44O4. The van der Waals surface area contributed by atoms with E-state index in [2.05, 4.69) is 13.0 Å². The van der Waals surface area contributed by atoms with E-state index >= 15 is 0 Å². The Balaban J connectivity index is 3.63. The Bertz CT molecular complexity index is 403. The summed E-state index contributed by atoms with van der Waals surface area (Å²) in [6.07, 6.45) is 22.2. The molecule has 0 aromatic carbocycles. The second-order valence-corrected chi connectivity index (χ2v) is 7.85. The van der Waals surface area contributed by atoms with Gasteiger partial charge in [-0.25, -0.2) is 0 Å². The molecule has 0 saturated heterocycles. The van der Waals surface area contributed by atoms with Gasteiger partial charge in [0.2, 0.25) is 0 Å². The monoisotopic (exact) mass is 396 g/mol. The third kappa shape index (κ3) is 18.1. The van der Waals surface area contributed by atoms with Gasteiger partial charge in [-0.1, -0.05) is 96.6 Å². The molecule has 1 atom stereocenters. The number of carbonyl (C=O) groups excluding carboxylic acids is 1. The fourth-order valence-electron chi connectivity index (χ4n) is 3.28. The Morgan fingerprint density at radius 1 is 0.786 bits per heavy atom. The number of rotatable bonds is 20. The van der Waals surface area contributed by atoms with Crippen molar-refractivity contribution in [1.29, 1.82) is 0 Å². The predicted octanol–water partition coefficient (Wildman–Crippen LogP) is 7.07. The average Bonchev–Trinajstić information content (AvgIpc) is 2.67. The number of carboxylic acid groups (broad SMARTS) is 1. The van der Waals surface area contributed by atoms with Gasteiger partial charge in [-0.05, 0) is 25.7 Å². The standard InChI is InChI=1S/C24H44O4/c1-3-5-6-7-8-9-10-11-12-13-14-15-16-17-18-19-22(21-23(25)26)24(27)28-20-4-2/h17-18,22H,3-16,19-21H2,1-2H3,(H,25,26)/b18-17+. The van der Waals surface area contributed by atoms with Gasteiger partial charge in [0.1, 0.15) is 0 Å². The van der Waals surface area contributed by atoms with Crippen LogP contribution in [0.25, 0.3) is 0 Å². The van der Waals surface area contributed by atoms with E-state index in [-0.39, 0.29) is 12.4 Å². The number of carbonyl (C=O) groups is 2. The molecule has 0 aromatic rings. The minimum Gasteiger partial charge on any atom is -0.481 e. The summed E-state index contributed by atoms with van der Waals surface area (Å²) in [5, 5.41) is 8.95. The highest BCUT2D eigenvalue weighted by molar-refractivity contribution is 5.79. The molecule has 164 valence electrons. The van der Waals surface area contributed by atoms with Crippen molar-refractivity contribution in [3.63, 3.8) is 0 Å². The molecule has 0 aliphatic rings. The molecular weight excluding hydrogens is 352 g/mol. The van der Waals surface area contributed by atoms with E-state index in [0.29, 0.717) is 13.0 Å². The van der Waals surface area contributed by atoms with E-state index in [1.165, 1.54) is 70.6 Å². The first-order chi connectivity index (χ1) is 13.6. The van der Waals surface area contributed by atoms with Crippen LogP contribution in [0.5, 0.6) is 0 Å². The summed E-state index contributed by atoms with van der Waals surface area (Å²) in [7, 11) is 0. The lowest BCUT2D eigenvalue weighted by molar-refractivity contribution is -0.153. The second kappa shape index (κ2) is 20.4. The average molecular weight is 397 g/mol. The van der Waals surface area contributed by atoms with Crippen molar-refractivity contribution in [3.8, 4) is 0 Å². The van der Waals surface area contributed by atoms with Gasteiger partial charge in [0.15, 0.2) is 0 Å². The summed E-state index contributed by atoms with van der Waals surface area (Å²) in [4.78, 5) is 22.8. The van der Waals surface area contributed by atoms with Crippen molar-refractivity contribution >= 4 is 11.9 Å². The first kappa shape index (κ1) is 26.7. The van der Waals surface area contributed by atoms with E-state index < -0.39 is 11.9 Å². The van der Waals surface area contributed by atoms with E-state index in [1.54, 1.807) is 0 Å². The van der Waals surface area contributed by atoms with Crippen molar-refractivity contribution in [2.75, 3.05) is 6.61 Å². The fraction of sp³-hybridized carbons (Fsp3) is 0.833. The van der Waals surface area contributed by atoms with Gasteiger partial charge in [-0.3, -0.25) is 9.59 Å². The molecule has 0 rings (SSSR count). The van der Waals surface area contributed by atoms with Crippen molar-refractivity contribution < 1.29 is 19.4 Å². The van der Waals surface area contributed by atoms with Crippen LogP contribution in [0.1, 0.15) is 117 Å². The van der Waals surface area contributed by atoms with Gasteiger partial charge in [-0.15, -0.1) is 0 Å². The van der Waals surface area contributed by atoms with Gasteiger partial charge >= 0.3 is 11.9 Å². The van der Waals surface area contributed by atoms with Crippen LogP contribution in [0, 0.1) is 5.92 Å². The molecule has 0 aliphatic carbocycles. The number of ether oxygens (including phenoxy) is 1. The van der Waals surface area contributed by atoms with Crippen LogP contribution < -0.4 is 0 Å². The minimum atomic E-state index is -0.951. The second-order valence-electron chi connectivity index (χ2n) is 7.85. The van der Waals surface area contributed by atoms with Crippen LogP contribution in [0.15, 0.2) is 12.2 Å². The van der Waals surface area contributed by atoms with Crippen LogP contribution in [0.3, 0.4) is 0 Å². The Hall–Kier alpha value is -1.32. The van der Waals surface area contributed by atoms with Crippen LogP contribution in [0.4, 0.5) is 0 Å². The fourth-order valence-corrected chi connectivity index (χ4v) is 3.28. The normalized spacial score (nSPS) is 12.4. The number of esters is 1. The van der Waals surface area contributed by atoms with E-state index in [9.17, 15) is 9.59 Å². The Morgan fingerprint density at radius 2 is 1.32 bits per heavy atom. The molecule has 0 fully saturated rings. The summed E-state index contributed by atoms with van der Waals surface area (Å²) < 4.78 is 5.09. The molecule has 0 heterocycles. The minimum absolute atomic E-state index is 0.161. The summed E-state index contributed by atoms with van der Waals surface area (Å²) in [5.41, 5.74) is 0. The summed E-state index contributed by atoms with van der Waals surface area (Å²) >= 11 is 0. The smallest absolute Gasteiger partial charge is 0.309 e. The van der Waals surface area contributed by atoms with Crippen LogP contribution in [-0.4, -0.2) is 23.7 Å². The molecule has 0 aliphatic heterocycles. The Labute approximate surface area is 173 Å². The van der Waals surface area contributed by atoms with Crippen LogP contribution in [-0.2, 0) is 14.3 Å². The largest absolute Gasteiger partial charge is 0.481 e. The summed E-state index contributed by atoms with van der Waals surface area (Å²) in [6, 6.07) is 0. The van der Waals surface area contributed by atoms with Crippen molar-refractivity contribution in [2.24, 2.45) is 5.92 Å². The Morgan fingerprint density at radius 3 is 1.82 bits per heavy atom. The molecule has 4 heteroatoms. The highest BCUT2D eigenvalue weighted by atomic mass is 16.5. The zero-order valence-corrected chi connectivity index (χ0v) is 18.4. The SMILES string of the molecule is CCCCCCCCCCCCCC/C=C/CC(CC(=O)O)C(=O)OCCC. The van der Waals surface area contributed by atoms with Crippen LogP contribution in [0.2, 0.25) is 0 Å². The molecule has 4 nitrogen and oxygen atoms in total. The van der Waals surface area contributed by atoms with Gasteiger partial charge in [-0.2, -0.15) is 0 Å². The van der Waals surface area contributed by atoms with Crippen molar-refractivity contribution in [1.82, 2.24) is 0 Å². The zero-order valence-electron chi connectivity index (χ0n) is 18.4.